The summed E-state index contributed by atoms with van der Waals surface area (Å²) in [7, 11) is 0. The standard InChI is InChI=1S/C17H21NO4/c1-2-3-4-5-6-7-11-8-12-14(19)10-13(17(21)22)18-16(12)15(20)9-11/h8-10,20H,2-7H2,1H3,(H,18,19)(H,21,22). The van der Waals surface area contributed by atoms with Gasteiger partial charge in [-0.1, -0.05) is 32.6 Å². The molecule has 0 aliphatic rings. The van der Waals surface area contributed by atoms with E-state index in [0.717, 1.165) is 30.9 Å². The van der Waals surface area contributed by atoms with Gasteiger partial charge in [0.05, 0.1) is 0 Å². The van der Waals surface area contributed by atoms with Gasteiger partial charge in [-0.15, -0.1) is 0 Å². The lowest BCUT2D eigenvalue weighted by Crippen LogP contribution is -2.00. The van der Waals surface area contributed by atoms with Crippen molar-refractivity contribution in [3.05, 3.63) is 29.5 Å². The molecule has 0 spiro atoms. The topological polar surface area (TPSA) is 90.7 Å². The normalized spacial score (nSPS) is 11.0. The van der Waals surface area contributed by atoms with Crippen LogP contribution in [-0.4, -0.2) is 26.3 Å². The molecule has 22 heavy (non-hydrogen) atoms. The molecule has 0 aliphatic carbocycles. The van der Waals surface area contributed by atoms with Gasteiger partial charge in [-0.05, 0) is 30.5 Å². The van der Waals surface area contributed by atoms with Crippen LogP contribution in [0.25, 0.3) is 10.9 Å². The lowest BCUT2D eigenvalue weighted by molar-refractivity contribution is 0.0690. The highest BCUT2D eigenvalue weighted by Gasteiger charge is 2.14. The van der Waals surface area contributed by atoms with E-state index in [1.54, 1.807) is 12.1 Å². The minimum absolute atomic E-state index is 0.0977. The third-order valence-corrected chi connectivity index (χ3v) is 3.72. The zero-order chi connectivity index (χ0) is 16.1. The fraction of sp³-hybridized carbons (Fsp3) is 0.412. The van der Waals surface area contributed by atoms with Gasteiger partial charge in [-0.25, -0.2) is 9.78 Å². The highest BCUT2D eigenvalue weighted by atomic mass is 16.4. The lowest BCUT2D eigenvalue weighted by Gasteiger charge is -2.08. The number of carboxylic acids is 1. The number of carbonyl (C=O) groups is 1. The minimum Gasteiger partial charge on any atom is -0.507 e. The van der Waals surface area contributed by atoms with E-state index in [0.29, 0.717) is 5.39 Å². The molecule has 118 valence electrons. The number of hydrogen-bond acceptors (Lipinski definition) is 4. The number of hydrogen-bond donors (Lipinski definition) is 3. The quantitative estimate of drug-likeness (QED) is 0.676. The van der Waals surface area contributed by atoms with Gasteiger partial charge in [0.25, 0.3) is 0 Å². The van der Waals surface area contributed by atoms with Gasteiger partial charge in [0.1, 0.15) is 17.0 Å². The van der Waals surface area contributed by atoms with Crippen molar-refractivity contribution < 1.29 is 20.1 Å². The molecular weight excluding hydrogens is 282 g/mol. The van der Waals surface area contributed by atoms with Crippen molar-refractivity contribution in [3.8, 4) is 11.5 Å². The summed E-state index contributed by atoms with van der Waals surface area (Å²) in [6, 6.07) is 4.47. The summed E-state index contributed by atoms with van der Waals surface area (Å²) < 4.78 is 0. The molecule has 0 amide bonds. The average molecular weight is 303 g/mol. The highest BCUT2D eigenvalue weighted by Crippen LogP contribution is 2.32. The first kappa shape index (κ1) is 16.1. The van der Waals surface area contributed by atoms with E-state index >= 15 is 0 Å². The van der Waals surface area contributed by atoms with Crippen molar-refractivity contribution in [1.29, 1.82) is 0 Å². The zero-order valence-electron chi connectivity index (χ0n) is 12.7. The second-order valence-corrected chi connectivity index (χ2v) is 5.51. The molecule has 1 aromatic carbocycles. The van der Waals surface area contributed by atoms with Crippen LogP contribution in [0.4, 0.5) is 0 Å². The SMILES string of the molecule is CCCCCCCc1cc(O)c2nc(C(=O)O)cc(O)c2c1. The van der Waals surface area contributed by atoms with Crippen LogP contribution in [0.2, 0.25) is 0 Å². The van der Waals surface area contributed by atoms with Gasteiger partial charge >= 0.3 is 5.97 Å². The van der Waals surface area contributed by atoms with Crippen molar-refractivity contribution in [2.24, 2.45) is 0 Å². The summed E-state index contributed by atoms with van der Waals surface area (Å²) in [4.78, 5) is 14.8. The van der Waals surface area contributed by atoms with Crippen LogP contribution in [-0.2, 0) is 6.42 Å². The fourth-order valence-corrected chi connectivity index (χ4v) is 2.54. The number of carboxylic acid groups (broad SMARTS) is 1. The maximum absolute atomic E-state index is 10.9. The molecule has 2 aromatic rings. The Morgan fingerprint density at radius 2 is 1.77 bits per heavy atom. The number of aromatic carboxylic acids is 1. The Labute approximate surface area is 129 Å². The predicted octanol–water partition coefficient (Wildman–Crippen LogP) is 3.86. The van der Waals surface area contributed by atoms with Crippen molar-refractivity contribution >= 4 is 16.9 Å². The van der Waals surface area contributed by atoms with Crippen molar-refractivity contribution in [1.82, 2.24) is 4.98 Å². The van der Waals surface area contributed by atoms with Crippen LogP contribution in [0.15, 0.2) is 18.2 Å². The largest absolute Gasteiger partial charge is 0.507 e. The number of aromatic hydroxyl groups is 2. The molecule has 5 heteroatoms. The van der Waals surface area contributed by atoms with E-state index in [2.05, 4.69) is 11.9 Å². The first-order chi connectivity index (χ1) is 10.5. The molecule has 1 aromatic heterocycles. The Hall–Kier alpha value is -2.30. The van der Waals surface area contributed by atoms with Gasteiger partial charge in [0, 0.05) is 11.5 Å². The number of aromatic nitrogens is 1. The number of pyridine rings is 1. The number of phenols is 1. The molecular formula is C17H21NO4. The molecule has 0 aliphatic heterocycles. The molecule has 0 saturated carbocycles. The summed E-state index contributed by atoms with van der Waals surface area (Å²) in [5.41, 5.74) is 0.751. The van der Waals surface area contributed by atoms with E-state index < -0.39 is 5.97 Å². The number of fused-ring (bicyclic) bond motifs is 1. The minimum atomic E-state index is -1.24. The van der Waals surface area contributed by atoms with Gasteiger partial charge in [-0.2, -0.15) is 0 Å². The Morgan fingerprint density at radius 1 is 1.05 bits per heavy atom. The Balaban J connectivity index is 2.23. The van der Waals surface area contributed by atoms with Crippen molar-refractivity contribution in [2.75, 3.05) is 0 Å². The molecule has 0 saturated heterocycles. The first-order valence-electron chi connectivity index (χ1n) is 7.61. The zero-order valence-corrected chi connectivity index (χ0v) is 12.7. The number of phenolic OH excluding ortho intramolecular Hbond substituents is 1. The molecule has 0 atom stereocenters. The van der Waals surface area contributed by atoms with Crippen LogP contribution in [0, 0.1) is 0 Å². The average Bonchev–Trinajstić information content (AvgIpc) is 2.47. The third kappa shape index (κ3) is 3.67. The monoisotopic (exact) mass is 303 g/mol. The van der Waals surface area contributed by atoms with Gasteiger partial charge in [-0.3, -0.25) is 0 Å². The van der Waals surface area contributed by atoms with Crippen LogP contribution >= 0.6 is 0 Å². The van der Waals surface area contributed by atoms with Crippen molar-refractivity contribution in [2.45, 2.75) is 45.4 Å². The van der Waals surface area contributed by atoms with Crippen LogP contribution < -0.4 is 0 Å². The summed E-state index contributed by atoms with van der Waals surface area (Å²) in [6.45, 7) is 2.17. The molecule has 5 nitrogen and oxygen atoms in total. The Kier molecular flexibility index (Phi) is 5.20. The van der Waals surface area contributed by atoms with Gasteiger partial charge in [0.2, 0.25) is 0 Å². The van der Waals surface area contributed by atoms with Crippen LogP contribution in [0.3, 0.4) is 0 Å². The number of aryl methyl sites for hydroxylation is 1. The molecule has 0 fully saturated rings. The van der Waals surface area contributed by atoms with Gasteiger partial charge < -0.3 is 15.3 Å². The number of rotatable bonds is 7. The first-order valence-corrected chi connectivity index (χ1v) is 7.61. The molecule has 3 N–H and O–H groups in total. The van der Waals surface area contributed by atoms with E-state index in [1.807, 2.05) is 0 Å². The lowest BCUT2D eigenvalue weighted by atomic mass is 10.0. The van der Waals surface area contributed by atoms with E-state index in [-0.39, 0.29) is 22.7 Å². The van der Waals surface area contributed by atoms with Crippen LogP contribution in [0.1, 0.15) is 55.1 Å². The predicted molar refractivity (Wildman–Crippen MR) is 84.5 cm³/mol. The third-order valence-electron chi connectivity index (χ3n) is 3.72. The van der Waals surface area contributed by atoms with E-state index in [1.165, 1.54) is 19.3 Å². The number of unbranched alkanes of at least 4 members (excludes halogenated alkanes) is 4. The second-order valence-electron chi connectivity index (χ2n) is 5.51. The van der Waals surface area contributed by atoms with E-state index in [4.69, 9.17) is 5.11 Å². The number of benzene rings is 1. The molecule has 0 bridgehead atoms. The van der Waals surface area contributed by atoms with Gasteiger partial charge in [0.15, 0.2) is 5.69 Å². The summed E-state index contributed by atoms with van der Waals surface area (Å²) in [6.07, 6.45) is 6.59. The van der Waals surface area contributed by atoms with Crippen LogP contribution in [0.5, 0.6) is 11.5 Å². The number of nitrogens with zero attached hydrogens (tertiary/aromatic N) is 1. The molecule has 0 unspecified atom stereocenters. The molecule has 0 radical (unpaired) electrons. The summed E-state index contributed by atoms with van der Waals surface area (Å²) in [5.74, 6) is -1.51. The summed E-state index contributed by atoms with van der Waals surface area (Å²) >= 11 is 0. The maximum atomic E-state index is 10.9. The van der Waals surface area contributed by atoms with E-state index in [9.17, 15) is 15.0 Å². The summed E-state index contributed by atoms with van der Waals surface area (Å²) in [5, 5.41) is 29.4. The second kappa shape index (κ2) is 7.11. The molecule has 2 rings (SSSR count). The molecule has 1 heterocycles. The maximum Gasteiger partial charge on any atom is 0.354 e. The Bertz CT molecular complexity index is 682. The Morgan fingerprint density at radius 3 is 2.45 bits per heavy atom. The van der Waals surface area contributed by atoms with Crippen molar-refractivity contribution in [3.63, 3.8) is 0 Å². The highest BCUT2D eigenvalue weighted by molar-refractivity contribution is 5.95. The smallest absolute Gasteiger partial charge is 0.354 e. The fourth-order valence-electron chi connectivity index (χ4n) is 2.54.